The van der Waals surface area contributed by atoms with Crippen molar-refractivity contribution in [3.8, 4) is 0 Å². The minimum absolute atomic E-state index is 0.0934. The summed E-state index contributed by atoms with van der Waals surface area (Å²) in [7, 11) is 4.90. The first-order chi connectivity index (χ1) is 28.2. The van der Waals surface area contributed by atoms with Gasteiger partial charge in [-0.15, -0.1) is 0 Å². The first-order valence-electron chi connectivity index (χ1n) is 20.9. The molecule has 0 aromatic heterocycles. The molecule has 0 unspecified atom stereocenters. The van der Waals surface area contributed by atoms with Gasteiger partial charge >= 0.3 is 23.9 Å². The fourth-order valence-corrected chi connectivity index (χ4v) is 8.56. The lowest BCUT2D eigenvalue weighted by molar-refractivity contribution is -0.346. The van der Waals surface area contributed by atoms with Crippen molar-refractivity contribution in [2.24, 2.45) is 11.8 Å². The second-order valence-corrected chi connectivity index (χ2v) is 16.5. The molecule has 0 bridgehead atoms. The van der Waals surface area contributed by atoms with Crippen LogP contribution in [0.25, 0.3) is 0 Å². The van der Waals surface area contributed by atoms with Gasteiger partial charge in [0, 0.05) is 53.8 Å². The van der Waals surface area contributed by atoms with Crippen LogP contribution in [0.2, 0.25) is 0 Å². The Morgan fingerprint density at radius 3 is 2.20 bits per heavy atom. The van der Waals surface area contributed by atoms with E-state index in [9.17, 15) is 29.1 Å². The van der Waals surface area contributed by atoms with Crippen LogP contribution >= 0.6 is 0 Å². The van der Waals surface area contributed by atoms with Crippen molar-refractivity contribution in [1.29, 1.82) is 0 Å². The molecule has 0 amide bonds. The summed E-state index contributed by atoms with van der Waals surface area (Å²) in [4.78, 5) is 64.7. The van der Waals surface area contributed by atoms with Crippen LogP contribution in [0.4, 0.5) is 0 Å². The molecule has 3 aliphatic heterocycles. The van der Waals surface area contributed by atoms with E-state index in [2.05, 4.69) is 0 Å². The van der Waals surface area contributed by atoms with E-state index in [1.54, 1.807) is 53.1 Å². The summed E-state index contributed by atoms with van der Waals surface area (Å²) in [6.45, 7) is 15.0. The summed E-state index contributed by atoms with van der Waals surface area (Å²) in [6.07, 6.45) is -3.32. The van der Waals surface area contributed by atoms with Crippen molar-refractivity contribution in [1.82, 2.24) is 4.90 Å². The highest BCUT2D eigenvalue weighted by Gasteiger charge is 2.55. The van der Waals surface area contributed by atoms with Crippen LogP contribution in [-0.2, 0) is 71.3 Å². The smallest absolute Gasteiger partial charge is 0.308 e. The number of allylic oxidation sites excluding steroid dienone is 2. The van der Waals surface area contributed by atoms with Crippen molar-refractivity contribution < 1.29 is 76.4 Å². The number of methoxy groups -OCH3 is 1. The quantitative estimate of drug-likeness (QED) is 0.160. The Balaban J connectivity index is 2.10. The highest BCUT2D eigenvalue weighted by Crippen LogP contribution is 2.39. The first-order valence-corrected chi connectivity index (χ1v) is 20.9. The first kappa shape index (κ1) is 51.1. The van der Waals surface area contributed by atoms with Gasteiger partial charge in [-0.25, -0.2) is 0 Å². The van der Waals surface area contributed by atoms with Crippen LogP contribution in [0.15, 0.2) is 24.3 Å². The van der Waals surface area contributed by atoms with Crippen molar-refractivity contribution >= 4 is 30.2 Å². The maximum atomic E-state index is 13.1. The predicted octanol–water partition coefficient (Wildman–Crippen LogP) is 3.60. The molecule has 16 atom stereocenters. The van der Waals surface area contributed by atoms with E-state index < -0.39 is 121 Å². The monoisotopic (exact) mass is 855 g/mol. The molecule has 0 aromatic carbocycles. The number of rotatable bonds is 13. The van der Waals surface area contributed by atoms with Gasteiger partial charge in [-0.2, -0.15) is 0 Å². The topological polar surface area (TPSA) is 201 Å². The molecule has 0 aliphatic carbocycles. The van der Waals surface area contributed by atoms with Crippen molar-refractivity contribution in [3.05, 3.63) is 24.3 Å². The van der Waals surface area contributed by atoms with Gasteiger partial charge in [0.2, 0.25) is 0 Å². The number of aliphatic hydroxyl groups is 1. The Labute approximate surface area is 354 Å². The van der Waals surface area contributed by atoms with Crippen molar-refractivity contribution in [2.75, 3.05) is 27.8 Å². The van der Waals surface area contributed by atoms with Crippen LogP contribution in [-0.4, -0.2) is 153 Å². The molecule has 17 heteroatoms. The van der Waals surface area contributed by atoms with E-state index in [0.717, 1.165) is 0 Å². The molecule has 0 spiro atoms. The maximum absolute atomic E-state index is 13.1. The van der Waals surface area contributed by atoms with Crippen LogP contribution < -0.4 is 0 Å². The second-order valence-electron chi connectivity index (χ2n) is 16.5. The van der Waals surface area contributed by atoms with Crippen LogP contribution in [0.3, 0.4) is 0 Å². The van der Waals surface area contributed by atoms with Gasteiger partial charge in [0.1, 0.15) is 42.4 Å². The molecule has 0 aromatic rings. The lowest BCUT2D eigenvalue weighted by Crippen LogP contribution is -2.66. The number of ether oxygens (including phenoxy) is 10. The van der Waals surface area contributed by atoms with Crippen LogP contribution in [0, 0.1) is 11.8 Å². The van der Waals surface area contributed by atoms with Gasteiger partial charge in [-0.3, -0.25) is 19.2 Å². The van der Waals surface area contributed by atoms with Crippen molar-refractivity contribution in [2.45, 2.75) is 180 Å². The zero-order valence-electron chi connectivity index (χ0n) is 37.3. The third-order valence-electron chi connectivity index (χ3n) is 11.0. The molecular weight excluding hydrogens is 786 g/mol. The maximum Gasteiger partial charge on any atom is 0.308 e. The van der Waals surface area contributed by atoms with Gasteiger partial charge < -0.3 is 62.2 Å². The van der Waals surface area contributed by atoms with Gasteiger partial charge in [0.25, 0.3) is 0 Å². The lowest BCUT2D eigenvalue weighted by Gasteiger charge is -2.51. The van der Waals surface area contributed by atoms with E-state index in [1.807, 2.05) is 31.7 Å². The average Bonchev–Trinajstić information content (AvgIpc) is 3.12. The molecule has 342 valence electrons. The normalized spacial score (nSPS) is 39.5. The Kier molecular flexibility index (Phi) is 20.3. The average molecular weight is 856 g/mol. The summed E-state index contributed by atoms with van der Waals surface area (Å²) in [5, 5.41) is 11.7. The van der Waals surface area contributed by atoms with E-state index in [1.165, 1.54) is 27.9 Å². The molecule has 3 heterocycles. The second kappa shape index (κ2) is 23.8. The summed E-state index contributed by atoms with van der Waals surface area (Å²) in [6, 6.07) is -0.741. The van der Waals surface area contributed by atoms with Gasteiger partial charge in [-0.1, -0.05) is 25.2 Å². The Hall–Kier alpha value is -3.29. The number of cyclic esters (lactones) is 1. The summed E-state index contributed by atoms with van der Waals surface area (Å²) >= 11 is 0. The molecule has 0 saturated carbocycles. The number of carbonyl (C=O) groups is 5. The number of likely N-dealkylation sites (N-methyl/N-ethyl adjacent to an activating group) is 1. The molecule has 0 radical (unpaired) electrons. The number of hydrogen-bond donors (Lipinski definition) is 1. The van der Waals surface area contributed by atoms with Gasteiger partial charge in [-0.05, 0) is 73.0 Å². The number of carbonyl (C=O) groups excluding carboxylic acids is 5. The standard InChI is InChI=1S/C43H69NO16/c1-13-52-41-27(5)54-35(23-43(41,9)60-30(8)48)58-37-26(4)55-42(40(57-29(7)47)36(37)44(10)11)59-38-31(19-20-45)21-24(2)33(56-28(6)46)18-16-14-15-17-25(3)53-34(50)22-32(49)39(38)51-12/h14-16,18,20,24-27,31-33,35-42,49H,13,17,19,21-23H2,1-12H3/b15-14+,18-16+/t24-,25-,26-,27+,31-,32-,33+,35-,36+,37-,38+,39-,40-,41+,42+,43+/m0/s1. The highest BCUT2D eigenvalue weighted by molar-refractivity contribution is 5.70. The van der Waals surface area contributed by atoms with E-state index in [-0.39, 0.29) is 25.2 Å². The van der Waals surface area contributed by atoms with Crippen LogP contribution in [0.5, 0.6) is 0 Å². The number of aldehydes is 1. The molecule has 17 nitrogen and oxygen atoms in total. The fourth-order valence-electron chi connectivity index (χ4n) is 8.56. The Morgan fingerprint density at radius 2 is 1.62 bits per heavy atom. The Bertz CT molecular complexity index is 1470. The number of aliphatic hydroxyl groups excluding tert-OH is 1. The summed E-state index contributed by atoms with van der Waals surface area (Å²) in [5.74, 6) is -3.42. The SMILES string of the molecule is CCO[C@@H]1[C@@H](C)O[C@@H](O[C@@H]2[C@@H](N(C)C)[C@H](OC(C)=O)[C@@H](O[C@@H]3[C@@H](CC=O)C[C@H](C)[C@H](OC(C)=O)/C=C/C=C/C[C@H](C)OC(=O)C[C@H](O)[C@@H]3OC)O[C@H]2C)C[C@@]1(C)OC(C)=O. The summed E-state index contributed by atoms with van der Waals surface area (Å²) < 4.78 is 61.3. The molecule has 2 saturated heterocycles. The number of nitrogens with zero attached hydrogens (tertiary/aromatic N) is 1. The number of esters is 4. The highest BCUT2D eigenvalue weighted by atomic mass is 16.7. The fraction of sp³-hybridized carbons (Fsp3) is 0.791. The third kappa shape index (κ3) is 14.4. The van der Waals surface area contributed by atoms with Crippen molar-refractivity contribution in [3.63, 3.8) is 0 Å². The molecule has 60 heavy (non-hydrogen) atoms. The largest absolute Gasteiger partial charge is 0.462 e. The molecule has 2 fully saturated rings. The third-order valence-corrected chi connectivity index (χ3v) is 11.0. The molecule has 1 N–H and O–H groups in total. The lowest BCUT2D eigenvalue weighted by atomic mass is 9.82. The zero-order chi connectivity index (χ0) is 44.9. The van der Waals surface area contributed by atoms with Gasteiger partial charge in [0.05, 0.1) is 36.9 Å². The van der Waals surface area contributed by atoms with Gasteiger partial charge in [0.15, 0.2) is 18.7 Å². The Morgan fingerprint density at radius 1 is 0.933 bits per heavy atom. The predicted molar refractivity (Wildman–Crippen MR) is 215 cm³/mol. The number of hydrogen-bond acceptors (Lipinski definition) is 17. The molecule has 3 aliphatic rings. The molecule has 3 rings (SSSR count). The minimum atomic E-state index is -1.48. The minimum Gasteiger partial charge on any atom is -0.462 e. The van der Waals surface area contributed by atoms with E-state index in [4.69, 9.17) is 47.4 Å². The zero-order valence-corrected chi connectivity index (χ0v) is 37.3. The van der Waals surface area contributed by atoms with E-state index in [0.29, 0.717) is 19.3 Å². The molecular formula is C43H69NO16. The summed E-state index contributed by atoms with van der Waals surface area (Å²) in [5.41, 5.74) is -1.10. The van der Waals surface area contributed by atoms with E-state index >= 15 is 0 Å². The van der Waals surface area contributed by atoms with Crippen LogP contribution in [0.1, 0.15) is 94.4 Å².